The van der Waals surface area contributed by atoms with Crippen LogP contribution in [0.4, 0.5) is 0 Å². The summed E-state index contributed by atoms with van der Waals surface area (Å²) in [6.45, 7) is 0. The number of hydrogen-bond acceptors (Lipinski definition) is 4. The van der Waals surface area contributed by atoms with Gasteiger partial charge in [0.1, 0.15) is 17.1 Å². The molecule has 0 amide bonds. The number of carbonyl (C=O) groups excluding carboxylic acids is 1. The minimum absolute atomic E-state index is 0.0811. The van der Waals surface area contributed by atoms with Crippen LogP contribution in [-0.2, 0) is 16.0 Å². The molecule has 1 aliphatic rings. The maximum absolute atomic E-state index is 11.7. The number of fused-ring (bicyclic) bond motifs is 1. The molecule has 1 aromatic carbocycles. The van der Waals surface area contributed by atoms with Crippen LogP contribution in [0.5, 0.6) is 5.75 Å². The Labute approximate surface area is 99.5 Å². The fourth-order valence-corrected chi connectivity index (χ4v) is 2.10. The monoisotopic (exact) mass is 234 g/mol. The number of ether oxygens (including phenoxy) is 2. The number of esters is 1. The average Bonchev–Trinajstić information content (AvgIpc) is 2.36. The van der Waals surface area contributed by atoms with Crippen molar-refractivity contribution in [3.63, 3.8) is 0 Å². The summed E-state index contributed by atoms with van der Waals surface area (Å²) in [6, 6.07) is 5.43. The molecule has 0 aliphatic heterocycles. The Kier molecular flexibility index (Phi) is 3.04. The molecule has 0 unspecified atom stereocenters. The van der Waals surface area contributed by atoms with E-state index in [1.807, 2.05) is 6.07 Å². The molecule has 0 radical (unpaired) electrons. The van der Waals surface area contributed by atoms with E-state index in [0.29, 0.717) is 18.4 Å². The van der Waals surface area contributed by atoms with Crippen molar-refractivity contribution in [1.82, 2.24) is 0 Å². The van der Waals surface area contributed by atoms with Gasteiger partial charge >= 0.3 is 5.97 Å². The summed E-state index contributed by atoms with van der Waals surface area (Å²) in [4.78, 5) is 11.7. The van der Waals surface area contributed by atoms with Crippen LogP contribution in [0.15, 0.2) is 24.0 Å². The van der Waals surface area contributed by atoms with Gasteiger partial charge in [-0.15, -0.1) is 0 Å². The van der Waals surface area contributed by atoms with Crippen LogP contribution in [-0.4, -0.2) is 25.3 Å². The first-order valence-corrected chi connectivity index (χ1v) is 5.35. The van der Waals surface area contributed by atoms with E-state index in [9.17, 15) is 9.90 Å². The molecular weight excluding hydrogens is 220 g/mol. The van der Waals surface area contributed by atoms with Gasteiger partial charge in [-0.2, -0.15) is 0 Å². The van der Waals surface area contributed by atoms with Gasteiger partial charge in [-0.05, 0) is 18.1 Å². The first-order chi connectivity index (χ1) is 8.19. The Morgan fingerprint density at radius 3 is 2.71 bits per heavy atom. The first-order valence-electron chi connectivity index (χ1n) is 5.35. The van der Waals surface area contributed by atoms with Gasteiger partial charge in [0.15, 0.2) is 0 Å². The fourth-order valence-electron chi connectivity index (χ4n) is 2.10. The molecule has 0 bridgehead atoms. The second-order valence-corrected chi connectivity index (χ2v) is 3.80. The summed E-state index contributed by atoms with van der Waals surface area (Å²) >= 11 is 0. The van der Waals surface area contributed by atoms with Crippen molar-refractivity contribution in [3.05, 3.63) is 35.1 Å². The highest BCUT2D eigenvalue weighted by Gasteiger charge is 2.26. The molecule has 4 nitrogen and oxygen atoms in total. The lowest BCUT2D eigenvalue weighted by atomic mass is 9.89. The molecule has 1 aliphatic carbocycles. The van der Waals surface area contributed by atoms with E-state index >= 15 is 0 Å². The zero-order valence-corrected chi connectivity index (χ0v) is 9.82. The third kappa shape index (κ3) is 1.86. The Hall–Kier alpha value is -1.97. The molecule has 90 valence electrons. The number of methoxy groups -OCH3 is 2. The molecule has 0 fully saturated rings. The maximum atomic E-state index is 11.7. The predicted molar refractivity (Wildman–Crippen MR) is 62.9 cm³/mol. The standard InChI is InChI=1S/C13H14O4/c1-16-11-5-3-4-9-8(11)6-7-10(14)12(9)13(15)17-2/h3-5,14H,6-7H2,1-2H3. The highest BCUT2D eigenvalue weighted by molar-refractivity contribution is 6.18. The second kappa shape index (κ2) is 4.49. The number of carbonyl (C=O) groups is 1. The SMILES string of the molecule is COC(=O)C1=C(O)CCc2c(OC)cccc21. The van der Waals surface area contributed by atoms with Crippen molar-refractivity contribution < 1.29 is 19.4 Å². The van der Waals surface area contributed by atoms with Crippen molar-refractivity contribution in [2.75, 3.05) is 14.2 Å². The summed E-state index contributed by atoms with van der Waals surface area (Å²) in [7, 11) is 2.89. The summed E-state index contributed by atoms with van der Waals surface area (Å²) in [5.74, 6) is 0.297. The minimum Gasteiger partial charge on any atom is -0.511 e. The zero-order valence-electron chi connectivity index (χ0n) is 9.82. The Bertz CT molecular complexity index is 488. The van der Waals surface area contributed by atoms with E-state index in [1.54, 1.807) is 19.2 Å². The zero-order chi connectivity index (χ0) is 12.4. The molecule has 17 heavy (non-hydrogen) atoms. The van der Waals surface area contributed by atoms with Gasteiger partial charge in [-0.25, -0.2) is 4.79 Å². The Morgan fingerprint density at radius 1 is 1.29 bits per heavy atom. The largest absolute Gasteiger partial charge is 0.511 e. The minimum atomic E-state index is -0.517. The van der Waals surface area contributed by atoms with E-state index in [0.717, 1.165) is 11.3 Å². The lowest BCUT2D eigenvalue weighted by Gasteiger charge is -2.20. The van der Waals surface area contributed by atoms with Gasteiger partial charge < -0.3 is 14.6 Å². The summed E-state index contributed by atoms with van der Waals surface area (Å²) in [6.07, 6.45) is 1.09. The van der Waals surface area contributed by atoms with E-state index in [1.165, 1.54) is 7.11 Å². The number of benzene rings is 1. The van der Waals surface area contributed by atoms with Crippen LogP contribution in [0.1, 0.15) is 17.5 Å². The van der Waals surface area contributed by atoms with Crippen LogP contribution in [0, 0.1) is 0 Å². The smallest absolute Gasteiger partial charge is 0.341 e. The molecule has 2 rings (SSSR count). The molecule has 1 aromatic rings. The fraction of sp³-hybridized carbons (Fsp3) is 0.308. The molecule has 0 atom stereocenters. The lowest BCUT2D eigenvalue weighted by molar-refractivity contribution is -0.133. The molecular formula is C13H14O4. The van der Waals surface area contributed by atoms with Crippen LogP contribution >= 0.6 is 0 Å². The van der Waals surface area contributed by atoms with Crippen LogP contribution in [0.2, 0.25) is 0 Å². The topological polar surface area (TPSA) is 55.8 Å². The van der Waals surface area contributed by atoms with E-state index in [4.69, 9.17) is 9.47 Å². The number of aliphatic hydroxyl groups is 1. The van der Waals surface area contributed by atoms with Gasteiger partial charge in [0.05, 0.1) is 14.2 Å². The molecule has 0 saturated heterocycles. The number of hydrogen-bond donors (Lipinski definition) is 1. The third-order valence-corrected chi connectivity index (χ3v) is 2.91. The first kappa shape index (κ1) is 11.5. The lowest BCUT2D eigenvalue weighted by Crippen LogP contribution is -2.14. The highest BCUT2D eigenvalue weighted by atomic mass is 16.5. The predicted octanol–water partition coefficient (Wildman–Crippen LogP) is 2.08. The van der Waals surface area contributed by atoms with Crippen molar-refractivity contribution in [2.45, 2.75) is 12.8 Å². The van der Waals surface area contributed by atoms with Crippen LogP contribution in [0.3, 0.4) is 0 Å². The number of allylic oxidation sites excluding steroid dienone is 1. The summed E-state index contributed by atoms with van der Waals surface area (Å²) < 4.78 is 9.95. The maximum Gasteiger partial charge on any atom is 0.341 e. The quantitative estimate of drug-likeness (QED) is 0.796. The van der Waals surface area contributed by atoms with Gasteiger partial charge in [0.2, 0.25) is 0 Å². The van der Waals surface area contributed by atoms with E-state index in [2.05, 4.69) is 0 Å². The molecule has 0 spiro atoms. The van der Waals surface area contributed by atoms with E-state index in [-0.39, 0.29) is 11.3 Å². The third-order valence-electron chi connectivity index (χ3n) is 2.91. The Morgan fingerprint density at radius 2 is 2.06 bits per heavy atom. The van der Waals surface area contributed by atoms with Gasteiger partial charge in [0, 0.05) is 12.0 Å². The van der Waals surface area contributed by atoms with Crippen molar-refractivity contribution in [3.8, 4) is 5.75 Å². The number of aliphatic hydroxyl groups excluding tert-OH is 1. The normalized spacial score (nSPS) is 14.2. The average molecular weight is 234 g/mol. The summed E-state index contributed by atoms with van der Waals surface area (Å²) in [5, 5.41) is 9.82. The highest BCUT2D eigenvalue weighted by Crippen LogP contribution is 2.35. The molecule has 1 N–H and O–H groups in total. The molecule has 0 heterocycles. The molecule has 0 aromatic heterocycles. The Balaban J connectivity index is 2.59. The second-order valence-electron chi connectivity index (χ2n) is 3.80. The summed E-state index contributed by atoms with van der Waals surface area (Å²) in [5.41, 5.74) is 1.88. The van der Waals surface area contributed by atoms with Gasteiger partial charge in [0.25, 0.3) is 0 Å². The van der Waals surface area contributed by atoms with Crippen molar-refractivity contribution in [2.24, 2.45) is 0 Å². The van der Waals surface area contributed by atoms with Crippen LogP contribution in [0.25, 0.3) is 5.57 Å². The van der Waals surface area contributed by atoms with E-state index < -0.39 is 5.97 Å². The van der Waals surface area contributed by atoms with Gasteiger partial charge in [-0.3, -0.25) is 0 Å². The van der Waals surface area contributed by atoms with Crippen molar-refractivity contribution in [1.29, 1.82) is 0 Å². The van der Waals surface area contributed by atoms with Gasteiger partial charge in [-0.1, -0.05) is 12.1 Å². The molecule has 4 heteroatoms. The number of rotatable bonds is 2. The van der Waals surface area contributed by atoms with Crippen LogP contribution < -0.4 is 4.74 Å². The van der Waals surface area contributed by atoms with Crippen molar-refractivity contribution >= 4 is 11.5 Å². The molecule has 0 saturated carbocycles.